The van der Waals surface area contributed by atoms with Gasteiger partial charge in [-0.05, 0) is 25.7 Å². The van der Waals surface area contributed by atoms with Gasteiger partial charge in [0.15, 0.2) is 11.0 Å². The van der Waals surface area contributed by atoms with Crippen LogP contribution in [0.1, 0.15) is 39.5 Å². The molecule has 6 heteroatoms. The first-order valence-corrected chi connectivity index (χ1v) is 10.1. The van der Waals surface area contributed by atoms with Crippen LogP contribution < -0.4 is 5.32 Å². The van der Waals surface area contributed by atoms with Gasteiger partial charge < -0.3 is 9.88 Å². The number of aromatic nitrogens is 3. The number of carbonyl (C=O) groups is 1. The topological polar surface area (TPSA) is 59.8 Å². The number of rotatable bonds is 6. The van der Waals surface area contributed by atoms with Crippen molar-refractivity contribution >= 4 is 17.7 Å². The van der Waals surface area contributed by atoms with E-state index in [2.05, 4.69) is 33.9 Å². The van der Waals surface area contributed by atoms with Gasteiger partial charge in [-0.1, -0.05) is 61.9 Å². The van der Waals surface area contributed by atoms with E-state index in [0.717, 1.165) is 29.5 Å². The SMILES string of the molecule is CCn1c(SCC(=O)N[C@@H]2CCCC[C@@H]2C)nnc1-c1ccccc1. The molecule has 1 aromatic heterocycles. The van der Waals surface area contributed by atoms with Crippen LogP contribution in [0, 0.1) is 5.92 Å². The number of thioether (sulfide) groups is 1. The van der Waals surface area contributed by atoms with Crippen molar-refractivity contribution in [2.75, 3.05) is 5.75 Å². The van der Waals surface area contributed by atoms with Crippen LogP contribution in [0.25, 0.3) is 11.4 Å². The highest BCUT2D eigenvalue weighted by atomic mass is 32.2. The first-order valence-electron chi connectivity index (χ1n) is 9.09. The molecular formula is C19H26N4OS. The number of nitrogens with zero attached hydrogens (tertiary/aromatic N) is 3. The van der Waals surface area contributed by atoms with E-state index in [0.29, 0.717) is 17.7 Å². The zero-order valence-electron chi connectivity index (χ0n) is 14.9. The molecule has 1 N–H and O–H groups in total. The fraction of sp³-hybridized carbons (Fsp3) is 0.526. The molecule has 0 radical (unpaired) electrons. The van der Waals surface area contributed by atoms with Gasteiger partial charge in [0.25, 0.3) is 0 Å². The highest BCUT2D eigenvalue weighted by Gasteiger charge is 2.23. The van der Waals surface area contributed by atoms with Crippen LogP contribution >= 0.6 is 11.8 Å². The van der Waals surface area contributed by atoms with Crippen molar-refractivity contribution in [3.63, 3.8) is 0 Å². The lowest BCUT2D eigenvalue weighted by molar-refractivity contribution is -0.119. The molecule has 1 fully saturated rings. The second kappa shape index (κ2) is 8.52. The molecule has 2 atom stereocenters. The first kappa shape index (κ1) is 18.0. The second-order valence-electron chi connectivity index (χ2n) is 6.64. The quantitative estimate of drug-likeness (QED) is 0.799. The van der Waals surface area contributed by atoms with Crippen molar-refractivity contribution in [3.05, 3.63) is 30.3 Å². The van der Waals surface area contributed by atoms with Crippen LogP contribution in [-0.2, 0) is 11.3 Å². The molecule has 0 aliphatic heterocycles. The van der Waals surface area contributed by atoms with Gasteiger partial charge in [0.1, 0.15) is 0 Å². The molecule has 0 saturated heterocycles. The zero-order chi connectivity index (χ0) is 17.6. The van der Waals surface area contributed by atoms with E-state index in [1.165, 1.54) is 31.0 Å². The Morgan fingerprint density at radius 3 is 2.72 bits per heavy atom. The molecule has 1 heterocycles. The summed E-state index contributed by atoms with van der Waals surface area (Å²) in [6.07, 6.45) is 4.81. The Labute approximate surface area is 153 Å². The second-order valence-corrected chi connectivity index (χ2v) is 7.58. The van der Waals surface area contributed by atoms with Crippen molar-refractivity contribution in [1.29, 1.82) is 0 Å². The summed E-state index contributed by atoms with van der Waals surface area (Å²) in [5.74, 6) is 1.91. The van der Waals surface area contributed by atoms with Gasteiger partial charge in [0, 0.05) is 18.2 Å². The van der Waals surface area contributed by atoms with Crippen LogP contribution in [0.4, 0.5) is 0 Å². The van der Waals surface area contributed by atoms with Crippen molar-refractivity contribution in [1.82, 2.24) is 20.1 Å². The van der Waals surface area contributed by atoms with E-state index >= 15 is 0 Å². The van der Waals surface area contributed by atoms with E-state index in [4.69, 9.17) is 0 Å². The summed E-state index contributed by atoms with van der Waals surface area (Å²) >= 11 is 1.46. The predicted molar refractivity (Wildman–Crippen MR) is 101 cm³/mol. The first-order chi connectivity index (χ1) is 12.2. The molecule has 0 unspecified atom stereocenters. The molecule has 1 aliphatic carbocycles. The summed E-state index contributed by atoms with van der Waals surface area (Å²) in [4.78, 5) is 12.3. The number of amides is 1. The number of hydrogen-bond donors (Lipinski definition) is 1. The van der Waals surface area contributed by atoms with Crippen molar-refractivity contribution in [3.8, 4) is 11.4 Å². The monoisotopic (exact) mass is 358 g/mol. The molecule has 5 nitrogen and oxygen atoms in total. The van der Waals surface area contributed by atoms with E-state index in [1.54, 1.807) is 0 Å². The van der Waals surface area contributed by atoms with E-state index in [-0.39, 0.29) is 5.91 Å². The third kappa shape index (κ3) is 4.42. The molecule has 0 bridgehead atoms. The maximum Gasteiger partial charge on any atom is 0.230 e. The Bertz CT molecular complexity index is 701. The standard InChI is InChI=1S/C19H26N4OS/c1-3-23-18(15-10-5-4-6-11-15)21-22-19(23)25-13-17(24)20-16-12-8-7-9-14(16)2/h4-6,10-11,14,16H,3,7-9,12-13H2,1-2H3,(H,20,24)/t14-,16+/m0/s1. The van der Waals surface area contributed by atoms with Crippen molar-refractivity contribution in [2.45, 2.75) is 57.3 Å². The molecule has 1 aromatic carbocycles. The molecular weight excluding hydrogens is 332 g/mol. The summed E-state index contributed by atoms with van der Waals surface area (Å²) in [6, 6.07) is 10.4. The maximum absolute atomic E-state index is 12.3. The Morgan fingerprint density at radius 2 is 2.00 bits per heavy atom. The van der Waals surface area contributed by atoms with Crippen LogP contribution in [-0.4, -0.2) is 32.5 Å². The smallest absolute Gasteiger partial charge is 0.230 e. The summed E-state index contributed by atoms with van der Waals surface area (Å²) in [5.41, 5.74) is 1.05. The lowest BCUT2D eigenvalue weighted by atomic mass is 9.86. The lowest BCUT2D eigenvalue weighted by Gasteiger charge is -2.29. The van der Waals surface area contributed by atoms with E-state index in [1.807, 2.05) is 30.3 Å². The highest BCUT2D eigenvalue weighted by Crippen LogP contribution is 2.25. The lowest BCUT2D eigenvalue weighted by Crippen LogP contribution is -2.41. The third-order valence-corrected chi connectivity index (χ3v) is 5.82. The summed E-state index contributed by atoms with van der Waals surface area (Å²) < 4.78 is 2.07. The Hall–Kier alpha value is -1.82. The van der Waals surface area contributed by atoms with Crippen LogP contribution in [0.5, 0.6) is 0 Å². The van der Waals surface area contributed by atoms with Gasteiger partial charge in [-0.3, -0.25) is 4.79 Å². The zero-order valence-corrected chi connectivity index (χ0v) is 15.8. The van der Waals surface area contributed by atoms with Gasteiger partial charge >= 0.3 is 0 Å². The van der Waals surface area contributed by atoms with Gasteiger partial charge in [0.05, 0.1) is 5.75 Å². The number of benzene rings is 1. The summed E-state index contributed by atoms with van der Waals surface area (Å²) in [7, 11) is 0. The Kier molecular flexibility index (Phi) is 6.13. The number of hydrogen-bond acceptors (Lipinski definition) is 4. The molecule has 1 aliphatic rings. The molecule has 3 rings (SSSR count). The van der Waals surface area contributed by atoms with Gasteiger partial charge in [-0.15, -0.1) is 10.2 Å². The van der Waals surface area contributed by atoms with Gasteiger partial charge in [0.2, 0.25) is 5.91 Å². The number of nitrogens with one attached hydrogen (secondary N) is 1. The maximum atomic E-state index is 12.3. The molecule has 1 amide bonds. The average molecular weight is 359 g/mol. The molecule has 1 saturated carbocycles. The largest absolute Gasteiger partial charge is 0.352 e. The van der Waals surface area contributed by atoms with Crippen molar-refractivity contribution < 1.29 is 4.79 Å². The summed E-state index contributed by atoms with van der Waals surface area (Å²) in [5, 5.41) is 12.6. The number of carbonyl (C=O) groups excluding carboxylic acids is 1. The summed E-state index contributed by atoms with van der Waals surface area (Å²) in [6.45, 7) is 5.08. The fourth-order valence-electron chi connectivity index (χ4n) is 3.39. The molecule has 0 spiro atoms. The third-order valence-electron chi connectivity index (χ3n) is 4.86. The minimum Gasteiger partial charge on any atom is -0.352 e. The van der Waals surface area contributed by atoms with Crippen LogP contribution in [0.15, 0.2) is 35.5 Å². The normalized spacial score (nSPS) is 20.4. The van der Waals surface area contributed by atoms with E-state index < -0.39 is 0 Å². The van der Waals surface area contributed by atoms with Crippen LogP contribution in [0.3, 0.4) is 0 Å². The highest BCUT2D eigenvalue weighted by molar-refractivity contribution is 7.99. The van der Waals surface area contributed by atoms with Crippen LogP contribution in [0.2, 0.25) is 0 Å². The molecule has 2 aromatic rings. The van der Waals surface area contributed by atoms with Gasteiger partial charge in [-0.25, -0.2) is 0 Å². The average Bonchev–Trinajstić information content (AvgIpc) is 3.05. The Morgan fingerprint density at radius 1 is 1.24 bits per heavy atom. The minimum absolute atomic E-state index is 0.0932. The van der Waals surface area contributed by atoms with E-state index in [9.17, 15) is 4.79 Å². The predicted octanol–water partition coefficient (Wildman–Crippen LogP) is 3.75. The Balaban J connectivity index is 1.61. The van der Waals surface area contributed by atoms with Gasteiger partial charge in [-0.2, -0.15) is 0 Å². The molecule has 134 valence electrons. The minimum atomic E-state index is 0.0932. The fourth-order valence-corrected chi connectivity index (χ4v) is 4.20. The molecule has 25 heavy (non-hydrogen) atoms. The van der Waals surface area contributed by atoms with Crippen molar-refractivity contribution in [2.24, 2.45) is 5.92 Å².